The molecule has 2 aliphatic rings. The zero-order chi connectivity index (χ0) is 27.7. The number of hydrogen-bond acceptors (Lipinski definition) is 0. The molecule has 0 amide bonds. The molecule has 0 fully saturated rings. The van der Waals surface area contributed by atoms with Gasteiger partial charge in [-0.3, -0.25) is 0 Å². The second kappa shape index (κ2) is 11.1. The third kappa shape index (κ3) is 4.71. The Labute approximate surface area is 265 Å². The Bertz CT molecular complexity index is 1960. The minimum atomic E-state index is -3.29. The number of fused-ring (bicyclic) bond motifs is 3. The van der Waals surface area contributed by atoms with Gasteiger partial charge in [0.15, 0.2) is 0 Å². The fourth-order valence-corrected chi connectivity index (χ4v) is 22.2. The molecule has 7 rings (SSSR count). The molecule has 4 heteroatoms. The van der Waals surface area contributed by atoms with Gasteiger partial charge in [-0.2, -0.15) is 0 Å². The van der Waals surface area contributed by atoms with E-state index in [1.807, 2.05) is 0 Å². The summed E-state index contributed by atoms with van der Waals surface area (Å²) in [5, 5.41) is 8.06. The molecule has 5 aromatic carbocycles. The molecule has 5 aromatic rings. The Morgan fingerprint density at radius 3 is 1.64 bits per heavy atom. The van der Waals surface area contributed by atoms with Crippen LogP contribution in [0.2, 0.25) is 10.5 Å². The van der Waals surface area contributed by atoms with Crippen molar-refractivity contribution < 1.29 is 14.0 Å². The van der Waals surface area contributed by atoms with Crippen molar-refractivity contribution in [3.05, 3.63) is 143 Å². The van der Waals surface area contributed by atoms with Crippen molar-refractivity contribution in [2.24, 2.45) is 0 Å². The van der Waals surface area contributed by atoms with Gasteiger partial charge in [0.1, 0.15) is 0 Å². The predicted molar refractivity (Wildman–Crippen MR) is 189 cm³/mol. The van der Waals surface area contributed by atoms with E-state index in [0.29, 0.717) is 8.45 Å². The van der Waals surface area contributed by atoms with E-state index < -0.39 is 14.0 Å². The molecule has 0 nitrogen and oxygen atoms in total. The Balaban J connectivity index is 0.00000176. The number of halogens is 2. The minimum Gasteiger partial charge on any atom is -0.147 e. The maximum absolute atomic E-state index is 3.29. The van der Waals surface area contributed by atoms with Gasteiger partial charge in [0.25, 0.3) is 0 Å². The molecule has 0 saturated heterocycles. The molecule has 0 radical (unpaired) electrons. The van der Waals surface area contributed by atoms with Gasteiger partial charge in [-0.15, -0.1) is 24.8 Å². The van der Waals surface area contributed by atoms with Gasteiger partial charge in [0.2, 0.25) is 0 Å². The van der Waals surface area contributed by atoms with Crippen LogP contribution >= 0.6 is 24.8 Å². The van der Waals surface area contributed by atoms with E-state index in [1.54, 1.807) is 22.3 Å². The zero-order valence-electron chi connectivity index (χ0n) is 24.7. The molecule has 0 aliphatic heterocycles. The molecule has 2 aliphatic carbocycles. The van der Waals surface area contributed by atoms with Crippen molar-refractivity contribution in [2.45, 2.75) is 32.7 Å². The molecule has 212 valence electrons. The Morgan fingerprint density at radius 1 is 0.524 bits per heavy atom. The number of hydrogen-bond donors (Lipinski definition) is 0. The van der Waals surface area contributed by atoms with Crippen LogP contribution in [-0.4, -0.2) is 7.63 Å². The maximum Gasteiger partial charge on any atom is -0.147 e. The molecule has 42 heavy (non-hydrogen) atoms. The Kier molecular flexibility index (Phi) is 8.16. The molecule has 2 atom stereocenters. The summed E-state index contributed by atoms with van der Waals surface area (Å²) in [5.74, 6) is 0. The fraction of sp³-hybridized carbons (Fsp3) is 0.158. The molecule has 0 aromatic heterocycles. The van der Waals surface area contributed by atoms with Crippen molar-refractivity contribution in [2.75, 3.05) is 0 Å². The third-order valence-electron chi connectivity index (χ3n) is 9.62. The number of benzene rings is 5. The van der Waals surface area contributed by atoms with Crippen LogP contribution in [0.25, 0.3) is 45.2 Å². The summed E-state index contributed by atoms with van der Waals surface area (Å²) >= 11 is -3.29. The average molecular weight is 642 g/mol. The first-order chi connectivity index (χ1) is 19.2. The first-order valence-corrected chi connectivity index (χ1v) is 23.4. The molecular formula is C38H38Cl2SiTi. The molecule has 0 spiro atoms. The van der Waals surface area contributed by atoms with Gasteiger partial charge < -0.3 is 0 Å². The van der Waals surface area contributed by atoms with E-state index in [4.69, 9.17) is 0 Å². The third-order valence-corrected chi connectivity index (χ3v) is 21.3. The smallest absolute Gasteiger partial charge is 0.147 e. The topological polar surface area (TPSA) is 0 Å². The summed E-state index contributed by atoms with van der Waals surface area (Å²) in [6.07, 6.45) is 5.03. The van der Waals surface area contributed by atoms with Crippen LogP contribution < -0.4 is 0 Å². The van der Waals surface area contributed by atoms with Crippen molar-refractivity contribution in [1.82, 2.24) is 0 Å². The van der Waals surface area contributed by atoms with Gasteiger partial charge in [-0.1, -0.05) is 0 Å². The van der Waals surface area contributed by atoms with Crippen LogP contribution in [-0.2, 0) is 14.0 Å². The first kappa shape index (κ1) is 30.8. The van der Waals surface area contributed by atoms with Crippen LogP contribution in [0.4, 0.5) is 0 Å². The van der Waals surface area contributed by atoms with Crippen LogP contribution in [0, 0.1) is 0 Å². The standard InChI is InChI=1S/C20H15.C16H13.2CH3.2ClH.H2Si.Ti/c1-14-12-16-8-5-11-19(20(16)13-14)18-10-4-7-15-6-2-3-9-17(15)18;1-12-10-14-8-5-9-15(16(14)11-12)13-6-3-2-4-7-13;;;;;;/h2-13H,1H3;2-11H,1H3;2*1H3;2*1H;1H2;. The first-order valence-electron chi connectivity index (χ1n) is 14.5. The van der Waals surface area contributed by atoms with E-state index in [0.717, 1.165) is 0 Å². The summed E-state index contributed by atoms with van der Waals surface area (Å²) in [5.41, 5.74) is 14.4. The van der Waals surface area contributed by atoms with Crippen molar-refractivity contribution >= 4 is 55.4 Å². The molecule has 0 bridgehead atoms. The van der Waals surface area contributed by atoms with Crippen LogP contribution in [0.5, 0.6) is 0 Å². The second-order valence-corrected chi connectivity index (χ2v) is 33.3. The normalized spacial score (nSPS) is 17.5. The quantitative estimate of drug-likeness (QED) is 0.171. The Hall–Kier alpha value is -2.65. The Morgan fingerprint density at radius 2 is 1.00 bits per heavy atom. The van der Waals surface area contributed by atoms with Crippen LogP contribution in [0.15, 0.2) is 120 Å². The summed E-state index contributed by atoms with van der Waals surface area (Å²) in [7, 11) is 2.41. The van der Waals surface area contributed by atoms with E-state index in [1.165, 1.54) is 44.2 Å². The summed E-state index contributed by atoms with van der Waals surface area (Å²) in [4.78, 5) is 0. The minimum absolute atomic E-state index is 0. The molecule has 0 saturated carbocycles. The van der Waals surface area contributed by atoms with Crippen LogP contribution in [0.1, 0.15) is 44.5 Å². The monoisotopic (exact) mass is 640 g/mol. The van der Waals surface area contributed by atoms with Gasteiger partial charge in [-0.25, -0.2) is 0 Å². The van der Waals surface area contributed by atoms with E-state index in [-0.39, 0.29) is 24.8 Å². The SMILES string of the molecule is CC1=Cc2c(-c3ccccc3)cccc2[CH]1[Ti]([CH3])([CH3])(=[SiH2])[CH]1C(C)=Cc2c(-c3cccc4ccccc34)cccc21.Cl.Cl. The van der Waals surface area contributed by atoms with Crippen molar-refractivity contribution in [3.63, 3.8) is 0 Å². The summed E-state index contributed by atoms with van der Waals surface area (Å²) in [6.45, 7) is 4.79. The number of rotatable bonds is 4. The summed E-state index contributed by atoms with van der Waals surface area (Å²) < 4.78 is 1.01. The van der Waals surface area contributed by atoms with Gasteiger partial charge >= 0.3 is 242 Å². The molecule has 0 heterocycles. The number of allylic oxidation sites excluding steroid dienone is 2. The maximum atomic E-state index is 2.71. The van der Waals surface area contributed by atoms with Gasteiger partial charge in [0, 0.05) is 0 Å². The zero-order valence-corrected chi connectivity index (χ0v) is 29.3. The predicted octanol–water partition coefficient (Wildman–Crippen LogP) is 11.0. The molecule has 2 unspecified atom stereocenters. The van der Waals surface area contributed by atoms with Gasteiger partial charge in [0.05, 0.1) is 0 Å². The van der Waals surface area contributed by atoms with Crippen molar-refractivity contribution in [1.29, 1.82) is 0 Å². The summed E-state index contributed by atoms with van der Waals surface area (Å²) in [6, 6.07) is 40.5. The van der Waals surface area contributed by atoms with E-state index in [2.05, 4.69) is 153 Å². The average Bonchev–Trinajstić information content (AvgIpc) is 3.49. The largest absolute Gasteiger partial charge is 0.147 e. The molecular weight excluding hydrogens is 603 g/mol. The van der Waals surface area contributed by atoms with Gasteiger partial charge in [-0.05, 0) is 0 Å². The van der Waals surface area contributed by atoms with E-state index >= 15 is 0 Å². The molecule has 0 N–H and O–H groups in total. The van der Waals surface area contributed by atoms with Crippen LogP contribution in [0.3, 0.4) is 0 Å². The van der Waals surface area contributed by atoms with Crippen molar-refractivity contribution in [3.8, 4) is 22.3 Å². The fourth-order valence-electron chi connectivity index (χ4n) is 8.35. The second-order valence-electron chi connectivity index (χ2n) is 13.1. The van der Waals surface area contributed by atoms with E-state index in [9.17, 15) is 0 Å².